The first-order valence-corrected chi connectivity index (χ1v) is 12.6. The molecule has 1 atom stereocenters. The predicted molar refractivity (Wildman–Crippen MR) is 138 cm³/mol. The second-order valence-corrected chi connectivity index (χ2v) is 9.53. The second-order valence-electron chi connectivity index (χ2n) is 9.53. The van der Waals surface area contributed by atoms with Gasteiger partial charge in [-0.3, -0.25) is 9.59 Å². The molecule has 1 amide bonds. The fraction of sp³-hybridized carbons (Fsp3) is 0.333. The molecule has 1 aliphatic heterocycles. The van der Waals surface area contributed by atoms with Gasteiger partial charge in [-0.25, -0.2) is 0 Å². The Labute approximate surface area is 210 Å². The van der Waals surface area contributed by atoms with Crippen LogP contribution >= 0.6 is 0 Å². The van der Waals surface area contributed by atoms with Crippen molar-refractivity contribution < 1.29 is 18.4 Å². The molecule has 1 aliphatic rings. The summed E-state index contributed by atoms with van der Waals surface area (Å²) in [4.78, 5) is 29.1. The van der Waals surface area contributed by atoms with Crippen LogP contribution in [-0.2, 0) is 6.54 Å². The molecule has 2 aromatic carbocycles. The SMILES string of the molecule is CCCCCCOc1ccc(C2c3c(oc4c(C)cc(C)cc4c3=O)C(=O)N2Cc2ccco2)cc1. The van der Waals surface area contributed by atoms with Crippen LogP contribution in [0.2, 0.25) is 0 Å². The number of hydrogen-bond acceptors (Lipinski definition) is 5. The van der Waals surface area contributed by atoms with E-state index in [-0.39, 0.29) is 23.6 Å². The Hall–Kier alpha value is -3.80. The fourth-order valence-electron chi connectivity index (χ4n) is 5.02. The molecule has 0 radical (unpaired) electrons. The van der Waals surface area contributed by atoms with Gasteiger partial charge in [-0.1, -0.05) is 44.4 Å². The lowest BCUT2D eigenvalue weighted by molar-refractivity contribution is 0.0701. The molecule has 6 nitrogen and oxygen atoms in total. The first kappa shape index (κ1) is 23.9. The highest BCUT2D eigenvalue weighted by Crippen LogP contribution is 2.40. The zero-order chi connectivity index (χ0) is 25.2. The number of rotatable bonds is 9. The summed E-state index contributed by atoms with van der Waals surface area (Å²) in [7, 11) is 0. The van der Waals surface area contributed by atoms with Gasteiger partial charge in [0.05, 0.1) is 36.4 Å². The molecule has 0 bridgehead atoms. The summed E-state index contributed by atoms with van der Waals surface area (Å²) in [5.41, 5.74) is 3.29. The van der Waals surface area contributed by atoms with E-state index in [9.17, 15) is 9.59 Å². The number of furan rings is 1. The highest BCUT2D eigenvalue weighted by molar-refractivity contribution is 5.99. The van der Waals surface area contributed by atoms with Gasteiger partial charge in [-0.2, -0.15) is 0 Å². The predicted octanol–water partition coefficient (Wildman–Crippen LogP) is 6.71. The molecule has 6 heteroatoms. The lowest BCUT2D eigenvalue weighted by Crippen LogP contribution is -2.29. The Bertz CT molecular complexity index is 1430. The third kappa shape index (κ3) is 4.43. The molecule has 3 heterocycles. The number of carbonyl (C=O) groups excluding carboxylic acids is 1. The summed E-state index contributed by atoms with van der Waals surface area (Å²) in [5.74, 6) is 1.19. The lowest BCUT2D eigenvalue weighted by atomic mass is 9.97. The molecule has 0 spiro atoms. The van der Waals surface area contributed by atoms with Crippen LogP contribution in [0.3, 0.4) is 0 Å². The van der Waals surface area contributed by atoms with Gasteiger partial charge in [0.25, 0.3) is 5.91 Å². The monoisotopic (exact) mass is 485 g/mol. The van der Waals surface area contributed by atoms with E-state index in [4.69, 9.17) is 13.6 Å². The fourth-order valence-corrected chi connectivity index (χ4v) is 5.02. The molecule has 36 heavy (non-hydrogen) atoms. The number of fused-ring (bicyclic) bond motifs is 2. The highest BCUT2D eigenvalue weighted by Gasteiger charge is 2.43. The van der Waals surface area contributed by atoms with Gasteiger partial charge in [-0.15, -0.1) is 0 Å². The number of carbonyl (C=O) groups is 1. The number of unbranched alkanes of at least 4 members (excludes halogenated alkanes) is 3. The Kier molecular flexibility index (Phi) is 6.68. The molecule has 186 valence electrons. The van der Waals surface area contributed by atoms with Crippen molar-refractivity contribution in [3.63, 3.8) is 0 Å². The molecule has 0 aliphatic carbocycles. The van der Waals surface area contributed by atoms with Crippen LogP contribution in [0, 0.1) is 13.8 Å². The second kappa shape index (κ2) is 10.1. The topological polar surface area (TPSA) is 72.9 Å². The van der Waals surface area contributed by atoms with E-state index in [0.29, 0.717) is 28.9 Å². The van der Waals surface area contributed by atoms with E-state index in [1.807, 2.05) is 56.3 Å². The van der Waals surface area contributed by atoms with E-state index in [0.717, 1.165) is 35.3 Å². The maximum atomic E-state index is 13.8. The zero-order valence-electron chi connectivity index (χ0n) is 21.0. The third-order valence-corrected chi connectivity index (χ3v) is 6.77. The summed E-state index contributed by atoms with van der Waals surface area (Å²) in [5, 5.41) is 0.496. The lowest BCUT2D eigenvalue weighted by Gasteiger charge is -2.24. The first-order valence-electron chi connectivity index (χ1n) is 12.6. The standard InChI is InChI=1S/C30H31NO5/c1-4-5-6-7-14-34-22-12-10-21(11-13-22)26-25-27(32)24-17-19(2)16-20(3)28(24)36-29(25)30(33)31(26)18-23-9-8-15-35-23/h8-13,15-17,26H,4-7,14,18H2,1-3H3. The zero-order valence-corrected chi connectivity index (χ0v) is 21.0. The van der Waals surface area contributed by atoms with Crippen molar-refractivity contribution >= 4 is 16.9 Å². The Morgan fingerprint density at radius 3 is 2.53 bits per heavy atom. The van der Waals surface area contributed by atoms with Crippen molar-refractivity contribution in [2.45, 2.75) is 59.0 Å². The molecule has 0 saturated heterocycles. The molecule has 0 fully saturated rings. The number of nitrogens with zero attached hydrogens (tertiary/aromatic N) is 1. The van der Waals surface area contributed by atoms with E-state index < -0.39 is 6.04 Å². The molecule has 5 rings (SSSR count). The number of amides is 1. The van der Waals surface area contributed by atoms with Gasteiger partial charge in [0, 0.05) is 0 Å². The number of benzene rings is 2. The van der Waals surface area contributed by atoms with Crippen LogP contribution in [0.1, 0.15) is 77.2 Å². The summed E-state index contributed by atoms with van der Waals surface area (Å²) in [6, 6.07) is 14.5. The average molecular weight is 486 g/mol. The molecular weight excluding hydrogens is 454 g/mol. The molecule has 2 aromatic heterocycles. The largest absolute Gasteiger partial charge is 0.494 e. The smallest absolute Gasteiger partial charge is 0.291 e. The average Bonchev–Trinajstić information content (AvgIpc) is 3.47. The van der Waals surface area contributed by atoms with Crippen LogP contribution < -0.4 is 10.2 Å². The molecule has 1 unspecified atom stereocenters. The summed E-state index contributed by atoms with van der Waals surface area (Å²) in [6.07, 6.45) is 6.14. The molecular formula is C30H31NO5. The van der Waals surface area contributed by atoms with Crippen molar-refractivity contribution in [2.75, 3.05) is 6.61 Å². The van der Waals surface area contributed by atoms with E-state index in [1.165, 1.54) is 12.8 Å². The van der Waals surface area contributed by atoms with Gasteiger partial charge in [0.1, 0.15) is 17.1 Å². The van der Waals surface area contributed by atoms with Crippen LogP contribution in [0.15, 0.2) is 68.4 Å². The van der Waals surface area contributed by atoms with Gasteiger partial charge in [0.2, 0.25) is 5.76 Å². The van der Waals surface area contributed by atoms with Gasteiger partial charge < -0.3 is 18.5 Å². The minimum Gasteiger partial charge on any atom is -0.494 e. The Morgan fingerprint density at radius 1 is 1.00 bits per heavy atom. The Morgan fingerprint density at radius 2 is 1.81 bits per heavy atom. The molecule has 4 aromatic rings. The number of hydrogen-bond donors (Lipinski definition) is 0. The normalized spacial score (nSPS) is 15.0. The van der Waals surface area contributed by atoms with Crippen LogP contribution in [-0.4, -0.2) is 17.4 Å². The summed E-state index contributed by atoms with van der Waals surface area (Å²) >= 11 is 0. The van der Waals surface area contributed by atoms with E-state index >= 15 is 0 Å². The van der Waals surface area contributed by atoms with Crippen molar-refractivity contribution in [3.8, 4) is 5.75 Å². The van der Waals surface area contributed by atoms with E-state index in [2.05, 4.69) is 6.92 Å². The van der Waals surface area contributed by atoms with Crippen molar-refractivity contribution in [2.24, 2.45) is 0 Å². The van der Waals surface area contributed by atoms with Crippen molar-refractivity contribution in [1.82, 2.24) is 4.90 Å². The third-order valence-electron chi connectivity index (χ3n) is 6.77. The highest BCUT2D eigenvalue weighted by atomic mass is 16.5. The summed E-state index contributed by atoms with van der Waals surface area (Å²) in [6.45, 7) is 6.93. The minimum absolute atomic E-state index is 0.104. The van der Waals surface area contributed by atoms with E-state index in [1.54, 1.807) is 17.2 Å². The quantitative estimate of drug-likeness (QED) is 0.246. The van der Waals surface area contributed by atoms with Gasteiger partial charge >= 0.3 is 0 Å². The van der Waals surface area contributed by atoms with Crippen LogP contribution in [0.25, 0.3) is 11.0 Å². The number of ether oxygens (including phenoxy) is 1. The summed E-state index contributed by atoms with van der Waals surface area (Å²) < 4.78 is 17.6. The molecule has 0 saturated carbocycles. The maximum Gasteiger partial charge on any atom is 0.291 e. The number of aryl methyl sites for hydroxylation is 2. The Balaban J connectivity index is 1.54. The first-order chi connectivity index (χ1) is 17.5. The van der Waals surface area contributed by atoms with Crippen molar-refractivity contribution in [3.05, 3.63) is 98.8 Å². The van der Waals surface area contributed by atoms with Crippen LogP contribution in [0.4, 0.5) is 0 Å². The van der Waals surface area contributed by atoms with Gasteiger partial charge in [0.15, 0.2) is 5.43 Å². The van der Waals surface area contributed by atoms with Gasteiger partial charge in [-0.05, 0) is 67.3 Å². The minimum atomic E-state index is -0.585. The maximum absolute atomic E-state index is 13.8. The molecule has 0 N–H and O–H groups in total. The van der Waals surface area contributed by atoms with Crippen molar-refractivity contribution in [1.29, 1.82) is 0 Å². The van der Waals surface area contributed by atoms with Crippen LogP contribution in [0.5, 0.6) is 5.75 Å².